The monoisotopic (exact) mass is 267 g/mol. The van der Waals surface area contributed by atoms with Gasteiger partial charge in [0.05, 0.1) is 13.2 Å². The molecule has 0 aliphatic carbocycles. The molecule has 0 unspecified atom stereocenters. The van der Waals surface area contributed by atoms with Crippen LogP contribution in [0.25, 0.3) is 0 Å². The first-order valence-electron chi connectivity index (χ1n) is 5.84. The molecule has 0 heterocycles. The Bertz CT molecular complexity index is 249. The molecule has 5 nitrogen and oxygen atoms in total. The molecule has 0 fully saturated rings. The third-order valence-corrected chi connectivity index (χ3v) is 1.90. The van der Waals surface area contributed by atoms with Gasteiger partial charge in [0, 0.05) is 19.4 Å². The molecule has 0 aromatic carbocycles. The van der Waals surface area contributed by atoms with E-state index in [1.165, 1.54) is 0 Å². The van der Waals surface area contributed by atoms with Crippen molar-refractivity contribution in [2.75, 3.05) is 26.4 Å². The molecule has 1 N–H and O–H groups in total. The lowest BCUT2D eigenvalue weighted by molar-refractivity contribution is -0.143. The van der Waals surface area contributed by atoms with Crippen LogP contribution < -0.4 is 5.32 Å². The summed E-state index contributed by atoms with van der Waals surface area (Å²) in [6.07, 6.45) is -1.75. The van der Waals surface area contributed by atoms with Crippen molar-refractivity contribution in [1.82, 2.24) is 5.32 Å². The van der Waals surface area contributed by atoms with Crippen LogP contribution in [0.1, 0.15) is 26.2 Å². The average Bonchev–Trinajstić information content (AvgIpc) is 2.30. The van der Waals surface area contributed by atoms with Crippen molar-refractivity contribution in [2.24, 2.45) is 0 Å². The maximum Gasteiger partial charge on any atom is 0.305 e. The van der Waals surface area contributed by atoms with E-state index in [4.69, 9.17) is 4.74 Å². The minimum Gasteiger partial charge on any atom is -0.466 e. The van der Waals surface area contributed by atoms with Crippen molar-refractivity contribution in [3.63, 3.8) is 0 Å². The van der Waals surface area contributed by atoms with Gasteiger partial charge in [0.15, 0.2) is 0 Å². The molecule has 0 atom stereocenters. The highest BCUT2D eigenvalue weighted by Crippen LogP contribution is 1.94. The molecule has 0 spiro atoms. The Kier molecular flexibility index (Phi) is 10.1. The second-order valence-electron chi connectivity index (χ2n) is 3.47. The Hall–Kier alpha value is -1.24. The summed E-state index contributed by atoms with van der Waals surface area (Å²) in [5.41, 5.74) is 0. The van der Waals surface area contributed by atoms with E-state index in [1.807, 2.05) is 0 Å². The van der Waals surface area contributed by atoms with Crippen LogP contribution in [-0.4, -0.2) is 44.7 Å². The quantitative estimate of drug-likeness (QED) is 0.476. The van der Waals surface area contributed by atoms with Crippen LogP contribution in [0.2, 0.25) is 0 Å². The van der Waals surface area contributed by atoms with Gasteiger partial charge in [-0.05, 0) is 13.3 Å². The molecule has 0 saturated carbocycles. The first-order valence-corrected chi connectivity index (χ1v) is 5.84. The van der Waals surface area contributed by atoms with Crippen molar-refractivity contribution in [1.29, 1.82) is 0 Å². The molecule has 1 amide bonds. The summed E-state index contributed by atoms with van der Waals surface area (Å²) < 4.78 is 32.6. The number of ether oxygens (including phenoxy) is 2. The Morgan fingerprint density at radius 1 is 1.28 bits per heavy atom. The molecule has 0 aromatic heterocycles. The van der Waals surface area contributed by atoms with Crippen molar-refractivity contribution in [3.8, 4) is 0 Å². The molecule has 0 radical (unpaired) electrons. The van der Waals surface area contributed by atoms with Gasteiger partial charge >= 0.3 is 5.97 Å². The SMILES string of the molecule is CCOC(=O)CCCNC(=O)CCOCC(F)F. The van der Waals surface area contributed by atoms with Gasteiger partial charge in [0.1, 0.15) is 6.61 Å². The van der Waals surface area contributed by atoms with Crippen molar-refractivity contribution in [3.05, 3.63) is 0 Å². The molecule has 0 bridgehead atoms. The zero-order valence-corrected chi connectivity index (χ0v) is 10.4. The Labute approximate surface area is 105 Å². The minimum atomic E-state index is -2.52. The number of amides is 1. The maximum absolute atomic E-state index is 11.7. The van der Waals surface area contributed by atoms with Crippen LogP contribution in [0.5, 0.6) is 0 Å². The lowest BCUT2D eigenvalue weighted by atomic mass is 10.3. The summed E-state index contributed by atoms with van der Waals surface area (Å²) >= 11 is 0. The number of hydrogen-bond acceptors (Lipinski definition) is 4. The predicted molar refractivity (Wildman–Crippen MR) is 60.3 cm³/mol. The van der Waals surface area contributed by atoms with E-state index < -0.39 is 13.0 Å². The highest BCUT2D eigenvalue weighted by atomic mass is 19.3. The smallest absolute Gasteiger partial charge is 0.305 e. The molecule has 0 aliphatic heterocycles. The van der Waals surface area contributed by atoms with Crippen LogP contribution in [0.15, 0.2) is 0 Å². The number of esters is 1. The number of halogens is 2. The topological polar surface area (TPSA) is 64.6 Å². The summed E-state index contributed by atoms with van der Waals surface area (Å²) in [5.74, 6) is -0.583. The second-order valence-corrected chi connectivity index (χ2v) is 3.47. The van der Waals surface area contributed by atoms with Crippen molar-refractivity contribution in [2.45, 2.75) is 32.6 Å². The number of rotatable bonds is 10. The van der Waals surface area contributed by atoms with Gasteiger partial charge < -0.3 is 14.8 Å². The number of alkyl halides is 2. The fourth-order valence-electron chi connectivity index (χ4n) is 1.12. The van der Waals surface area contributed by atoms with E-state index in [0.29, 0.717) is 19.6 Å². The third kappa shape index (κ3) is 11.3. The van der Waals surface area contributed by atoms with Gasteiger partial charge in [-0.3, -0.25) is 9.59 Å². The van der Waals surface area contributed by atoms with Crippen LogP contribution in [-0.2, 0) is 19.1 Å². The fourth-order valence-corrected chi connectivity index (χ4v) is 1.12. The normalized spacial score (nSPS) is 10.4. The van der Waals surface area contributed by atoms with Gasteiger partial charge in [-0.15, -0.1) is 0 Å². The Balaban J connectivity index is 3.34. The molecule has 0 saturated heterocycles. The third-order valence-electron chi connectivity index (χ3n) is 1.90. The summed E-state index contributed by atoms with van der Waals surface area (Å²) in [7, 11) is 0. The summed E-state index contributed by atoms with van der Waals surface area (Å²) in [6.45, 7) is 1.72. The van der Waals surface area contributed by atoms with E-state index in [9.17, 15) is 18.4 Å². The molecule has 106 valence electrons. The lowest BCUT2D eigenvalue weighted by Gasteiger charge is -2.06. The standard InChI is InChI=1S/C11H19F2NO4/c1-2-18-11(16)4-3-6-14-10(15)5-7-17-8-9(12)13/h9H,2-8H2,1H3,(H,14,15). The van der Waals surface area contributed by atoms with Gasteiger partial charge in [-0.25, -0.2) is 8.78 Å². The van der Waals surface area contributed by atoms with Gasteiger partial charge in [0.25, 0.3) is 6.43 Å². The summed E-state index contributed by atoms with van der Waals surface area (Å²) in [6, 6.07) is 0. The van der Waals surface area contributed by atoms with Crippen molar-refractivity contribution >= 4 is 11.9 Å². The number of nitrogens with one attached hydrogen (secondary N) is 1. The average molecular weight is 267 g/mol. The van der Waals surface area contributed by atoms with Crippen LogP contribution in [0, 0.1) is 0 Å². The van der Waals surface area contributed by atoms with E-state index in [-0.39, 0.29) is 31.3 Å². The summed E-state index contributed by atoms with van der Waals surface area (Å²) in [5, 5.41) is 2.55. The van der Waals surface area contributed by atoms with Crippen LogP contribution in [0.3, 0.4) is 0 Å². The molecule has 7 heteroatoms. The molecular formula is C11H19F2NO4. The first-order chi connectivity index (χ1) is 8.56. The molecule has 0 aromatic rings. The fraction of sp³-hybridized carbons (Fsp3) is 0.818. The minimum absolute atomic E-state index is 0.0337. The number of hydrogen-bond donors (Lipinski definition) is 1. The number of carbonyl (C=O) groups excluding carboxylic acids is 2. The van der Waals surface area contributed by atoms with Gasteiger partial charge in [-0.2, -0.15) is 0 Å². The predicted octanol–water partition coefficient (Wildman–Crippen LogP) is 1.12. The maximum atomic E-state index is 11.7. The van der Waals surface area contributed by atoms with E-state index in [2.05, 4.69) is 10.1 Å². The Morgan fingerprint density at radius 2 is 2.00 bits per heavy atom. The zero-order chi connectivity index (χ0) is 13.8. The molecule has 0 aliphatic rings. The highest BCUT2D eigenvalue weighted by molar-refractivity contribution is 5.76. The van der Waals surface area contributed by atoms with E-state index in [1.54, 1.807) is 6.92 Å². The first kappa shape index (κ1) is 16.8. The zero-order valence-electron chi connectivity index (χ0n) is 10.4. The molecule has 18 heavy (non-hydrogen) atoms. The Morgan fingerprint density at radius 3 is 2.61 bits per heavy atom. The van der Waals surface area contributed by atoms with Crippen molar-refractivity contribution < 1.29 is 27.8 Å². The summed E-state index contributed by atoms with van der Waals surface area (Å²) in [4.78, 5) is 22.1. The largest absolute Gasteiger partial charge is 0.466 e. The van der Waals surface area contributed by atoms with E-state index in [0.717, 1.165) is 0 Å². The van der Waals surface area contributed by atoms with Gasteiger partial charge in [-0.1, -0.05) is 0 Å². The molecule has 0 rings (SSSR count). The molecular weight excluding hydrogens is 248 g/mol. The lowest BCUT2D eigenvalue weighted by Crippen LogP contribution is -2.26. The highest BCUT2D eigenvalue weighted by Gasteiger charge is 2.05. The second kappa shape index (κ2) is 10.9. The van der Waals surface area contributed by atoms with E-state index >= 15 is 0 Å². The number of carbonyl (C=O) groups is 2. The van der Waals surface area contributed by atoms with Crippen LogP contribution in [0.4, 0.5) is 8.78 Å². The van der Waals surface area contributed by atoms with Crippen LogP contribution >= 0.6 is 0 Å². The van der Waals surface area contributed by atoms with Gasteiger partial charge in [0.2, 0.25) is 5.91 Å².